The van der Waals surface area contributed by atoms with E-state index in [-0.39, 0.29) is 5.56 Å². The third-order valence-electron chi connectivity index (χ3n) is 2.39. The molecule has 17 heavy (non-hydrogen) atoms. The van der Waals surface area contributed by atoms with Gasteiger partial charge >= 0.3 is 6.18 Å². The van der Waals surface area contributed by atoms with E-state index < -0.39 is 11.7 Å². The standard InChI is InChI=1S/C13H8BrF3/c14-10-7-5-9(6-8-10)11-3-1-2-4-12(11)13(15,16)17/h1-8H. The maximum absolute atomic E-state index is 12.8. The second kappa shape index (κ2) is 4.53. The summed E-state index contributed by atoms with van der Waals surface area (Å²) in [6.07, 6.45) is -4.33. The minimum atomic E-state index is -4.33. The van der Waals surface area contributed by atoms with Crippen LogP contribution in [0.1, 0.15) is 5.56 Å². The molecule has 0 radical (unpaired) electrons. The van der Waals surface area contributed by atoms with E-state index in [1.54, 1.807) is 30.3 Å². The highest BCUT2D eigenvalue weighted by Gasteiger charge is 2.33. The van der Waals surface area contributed by atoms with Crippen molar-refractivity contribution >= 4 is 15.9 Å². The summed E-state index contributed by atoms with van der Waals surface area (Å²) in [5.41, 5.74) is 0.149. The number of alkyl halides is 3. The van der Waals surface area contributed by atoms with Crippen molar-refractivity contribution in [2.75, 3.05) is 0 Å². The lowest BCUT2D eigenvalue weighted by Crippen LogP contribution is -2.06. The minimum Gasteiger partial charge on any atom is -0.166 e. The molecule has 0 saturated carbocycles. The van der Waals surface area contributed by atoms with Gasteiger partial charge in [-0.05, 0) is 29.3 Å². The van der Waals surface area contributed by atoms with Crippen LogP contribution in [0.3, 0.4) is 0 Å². The molecule has 2 aromatic rings. The molecular formula is C13H8BrF3. The van der Waals surface area contributed by atoms with Crippen LogP contribution in [0.15, 0.2) is 53.0 Å². The average Bonchev–Trinajstić information content (AvgIpc) is 2.29. The molecule has 0 aliphatic heterocycles. The average molecular weight is 301 g/mol. The summed E-state index contributed by atoms with van der Waals surface area (Å²) < 4.78 is 39.3. The van der Waals surface area contributed by atoms with E-state index in [2.05, 4.69) is 15.9 Å². The van der Waals surface area contributed by atoms with E-state index >= 15 is 0 Å². The highest BCUT2D eigenvalue weighted by atomic mass is 79.9. The Bertz CT molecular complexity index is 515. The van der Waals surface area contributed by atoms with Crippen LogP contribution < -0.4 is 0 Å². The maximum Gasteiger partial charge on any atom is 0.417 e. The van der Waals surface area contributed by atoms with E-state index in [0.29, 0.717) is 5.56 Å². The first-order valence-corrected chi connectivity index (χ1v) is 5.70. The van der Waals surface area contributed by atoms with Crippen LogP contribution in [0.25, 0.3) is 11.1 Å². The largest absolute Gasteiger partial charge is 0.417 e. The Hall–Kier alpha value is -1.29. The van der Waals surface area contributed by atoms with Gasteiger partial charge in [-0.15, -0.1) is 0 Å². The predicted octanol–water partition coefficient (Wildman–Crippen LogP) is 5.13. The summed E-state index contributed by atoms with van der Waals surface area (Å²) in [7, 11) is 0. The summed E-state index contributed by atoms with van der Waals surface area (Å²) >= 11 is 3.25. The van der Waals surface area contributed by atoms with E-state index in [1.807, 2.05) is 0 Å². The molecule has 0 saturated heterocycles. The van der Waals surface area contributed by atoms with Gasteiger partial charge in [-0.2, -0.15) is 13.2 Å². The second-order valence-corrected chi connectivity index (χ2v) is 4.47. The molecule has 0 bridgehead atoms. The van der Waals surface area contributed by atoms with Gasteiger partial charge in [0.15, 0.2) is 0 Å². The van der Waals surface area contributed by atoms with Gasteiger partial charge in [-0.25, -0.2) is 0 Å². The first-order chi connectivity index (χ1) is 7.98. The maximum atomic E-state index is 12.8. The number of hydrogen-bond acceptors (Lipinski definition) is 0. The molecule has 2 rings (SSSR count). The Kier molecular flexibility index (Phi) is 3.24. The zero-order valence-electron chi connectivity index (χ0n) is 8.63. The molecule has 0 atom stereocenters. The van der Waals surface area contributed by atoms with Crippen molar-refractivity contribution in [2.45, 2.75) is 6.18 Å². The van der Waals surface area contributed by atoms with Gasteiger partial charge in [0.05, 0.1) is 5.56 Å². The van der Waals surface area contributed by atoms with Crippen molar-refractivity contribution in [2.24, 2.45) is 0 Å². The lowest BCUT2D eigenvalue weighted by molar-refractivity contribution is -0.137. The molecular weight excluding hydrogens is 293 g/mol. The van der Waals surface area contributed by atoms with Crippen molar-refractivity contribution in [3.05, 3.63) is 58.6 Å². The molecule has 4 heteroatoms. The van der Waals surface area contributed by atoms with Gasteiger partial charge in [0.25, 0.3) is 0 Å². The Morgan fingerprint density at radius 3 is 2.00 bits per heavy atom. The Morgan fingerprint density at radius 2 is 1.41 bits per heavy atom. The van der Waals surface area contributed by atoms with Gasteiger partial charge in [-0.1, -0.05) is 46.3 Å². The minimum absolute atomic E-state index is 0.201. The lowest BCUT2D eigenvalue weighted by Gasteiger charge is -2.12. The van der Waals surface area contributed by atoms with Crippen LogP contribution in [0.4, 0.5) is 13.2 Å². The van der Waals surface area contributed by atoms with Crippen LogP contribution in [0, 0.1) is 0 Å². The number of rotatable bonds is 1. The monoisotopic (exact) mass is 300 g/mol. The molecule has 0 aliphatic carbocycles. The van der Waals surface area contributed by atoms with E-state index in [1.165, 1.54) is 12.1 Å². The fourth-order valence-electron chi connectivity index (χ4n) is 1.61. The second-order valence-electron chi connectivity index (χ2n) is 3.55. The van der Waals surface area contributed by atoms with E-state index in [4.69, 9.17) is 0 Å². The highest BCUT2D eigenvalue weighted by Crippen LogP contribution is 2.37. The van der Waals surface area contributed by atoms with Crippen LogP contribution in [0.2, 0.25) is 0 Å². The molecule has 88 valence electrons. The Balaban J connectivity index is 2.56. The summed E-state index contributed by atoms with van der Waals surface area (Å²) in [6.45, 7) is 0. The van der Waals surface area contributed by atoms with E-state index in [9.17, 15) is 13.2 Å². The highest BCUT2D eigenvalue weighted by molar-refractivity contribution is 9.10. The SMILES string of the molecule is FC(F)(F)c1ccccc1-c1ccc(Br)cc1. The predicted molar refractivity (Wildman–Crippen MR) is 64.6 cm³/mol. The molecule has 0 fully saturated rings. The molecule has 0 nitrogen and oxygen atoms in total. The third-order valence-corrected chi connectivity index (χ3v) is 2.92. The van der Waals surface area contributed by atoms with Crippen molar-refractivity contribution in [1.29, 1.82) is 0 Å². The third kappa shape index (κ3) is 2.69. The quantitative estimate of drug-likeness (QED) is 0.684. The smallest absolute Gasteiger partial charge is 0.166 e. The topological polar surface area (TPSA) is 0 Å². The first kappa shape index (κ1) is 12.2. The van der Waals surface area contributed by atoms with Gasteiger partial charge < -0.3 is 0 Å². The molecule has 0 N–H and O–H groups in total. The lowest BCUT2D eigenvalue weighted by atomic mass is 9.99. The van der Waals surface area contributed by atoms with Crippen molar-refractivity contribution in [3.63, 3.8) is 0 Å². The van der Waals surface area contributed by atoms with Crippen LogP contribution in [-0.2, 0) is 6.18 Å². The zero-order valence-corrected chi connectivity index (χ0v) is 10.2. The van der Waals surface area contributed by atoms with E-state index in [0.717, 1.165) is 10.5 Å². The Morgan fingerprint density at radius 1 is 0.824 bits per heavy atom. The molecule has 0 unspecified atom stereocenters. The molecule has 0 aliphatic rings. The number of halogens is 4. The van der Waals surface area contributed by atoms with Crippen molar-refractivity contribution < 1.29 is 13.2 Å². The van der Waals surface area contributed by atoms with Crippen LogP contribution in [0.5, 0.6) is 0 Å². The summed E-state index contributed by atoms with van der Waals surface area (Å²) in [5.74, 6) is 0. The summed E-state index contributed by atoms with van der Waals surface area (Å²) in [5, 5.41) is 0. The molecule has 0 heterocycles. The van der Waals surface area contributed by atoms with Crippen LogP contribution in [-0.4, -0.2) is 0 Å². The molecule has 0 spiro atoms. The molecule has 2 aromatic carbocycles. The fraction of sp³-hybridized carbons (Fsp3) is 0.0769. The first-order valence-electron chi connectivity index (χ1n) is 4.90. The van der Waals surface area contributed by atoms with Gasteiger partial charge in [0, 0.05) is 4.47 Å². The van der Waals surface area contributed by atoms with Crippen molar-refractivity contribution in [3.8, 4) is 11.1 Å². The number of hydrogen-bond donors (Lipinski definition) is 0. The van der Waals surface area contributed by atoms with Crippen molar-refractivity contribution in [1.82, 2.24) is 0 Å². The fourth-order valence-corrected chi connectivity index (χ4v) is 1.88. The van der Waals surface area contributed by atoms with Gasteiger partial charge in [0.1, 0.15) is 0 Å². The zero-order chi connectivity index (χ0) is 12.5. The van der Waals surface area contributed by atoms with Crippen LogP contribution >= 0.6 is 15.9 Å². The van der Waals surface area contributed by atoms with Gasteiger partial charge in [0.2, 0.25) is 0 Å². The van der Waals surface area contributed by atoms with Gasteiger partial charge in [-0.3, -0.25) is 0 Å². The summed E-state index contributed by atoms with van der Waals surface area (Å²) in [6, 6.07) is 12.3. The molecule has 0 amide bonds. The normalized spacial score (nSPS) is 11.5. The summed E-state index contributed by atoms with van der Waals surface area (Å²) in [4.78, 5) is 0. The number of benzene rings is 2. The Labute approximate surface area is 105 Å². The molecule has 0 aromatic heterocycles.